The SMILES string of the molecule is CCCOCCOCCOCC(=O)Nc1ccc(C(=O)N(C=O)C2CCC(=O)NC2=O)c(C)c1. The van der Waals surface area contributed by atoms with Crippen LogP contribution in [0.1, 0.15) is 42.1 Å². The van der Waals surface area contributed by atoms with Gasteiger partial charge in [0, 0.05) is 24.3 Å². The van der Waals surface area contributed by atoms with E-state index in [0.29, 0.717) is 37.7 Å². The van der Waals surface area contributed by atoms with Gasteiger partial charge in [-0.3, -0.25) is 34.2 Å². The van der Waals surface area contributed by atoms with Gasteiger partial charge in [0.1, 0.15) is 12.6 Å². The molecule has 5 amide bonds. The molecule has 2 N–H and O–H groups in total. The van der Waals surface area contributed by atoms with E-state index in [2.05, 4.69) is 10.6 Å². The first kappa shape index (κ1) is 27.1. The Hall–Kier alpha value is -3.15. The van der Waals surface area contributed by atoms with E-state index >= 15 is 0 Å². The molecule has 0 spiro atoms. The van der Waals surface area contributed by atoms with Crippen LogP contribution in [0.2, 0.25) is 0 Å². The lowest BCUT2D eigenvalue weighted by Crippen LogP contribution is -2.53. The highest BCUT2D eigenvalue weighted by Crippen LogP contribution is 2.20. The maximum Gasteiger partial charge on any atom is 0.261 e. The summed E-state index contributed by atoms with van der Waals surface area (Å²) in [4.78, 5) is 60.6. The van der Waals surface area contributed by atoms with Gasteiger partial charge in [0.2, 0.25) is 24.1 Å². The topological polar surface area (TPSA) is 140 Å². The third kappa shape index (κ3) is 8.32. The smallest absolute Gasteiger partial charge is 0.261 e. The standard InChI is InChI=1S/C23H31N3O8/c1-3-8-32-9-10-33-11-12-34-14-21(29)24-17-4-5-18(16(2)13-17)23(31)26(15-27)19-6-7-20(28)25-22(19)30/h4-5,13,15,19H,3,6-12,14H2,1-2H3,(H,24,29)(H,25,28,30). The van der Waals surface area contributed by atoms with Crippen molar-refractivity contribution in [3.63, 3.8) is 0 Å². The molecule has 34 heavy (non-hydrogen) atoms. The third-order valence-corrected chi connectivity index (χ3v) is 4.96. The Bertz CT molecular complexity index is 889. The molecule has 11 nitrogen and oxygen atoms in total. The fourth-order valence-corrected chi connectivity index (χ4v) is 3.28. The average Bonchev–Trinajstić information content (AvgIpc) is 2.79. The fraction of sp³-hybridized carbons (Fsp3) is 0.522. The van der Waals surface area contributed by atoms with Crippen LogP contribution in [0.3, 0.4) is 0 Å². The molecule has 0 bridgehead atoms. The number of anilines is 1. The van der Waals surface area contributed by atoms with Gasteiger partial charge in [-0.2, -0.15) is 0 Å². The Morgan fingerprint density at radius 2 is 1.79 bits per heavy atom. The molecule has 2 rings (SSSR count). The lowest BCUT2D eigenvalue weighted by molar-refractivity contribution is -0.139. The molecule has 1 aliphatic heterocycles. The van der Waals surface area contributed by atoms with Gasteiger partial charge >= 0.3 is 0 Å². The number of hydrogen-bond donors (Lipinski definition) is 2. The summed E-state index contributed by atoms with van der Waals surface area (Å²) in [5.74, 6) is -2.16. The van der Waals surface area contributed by atoms with Crippen LogP contribution in [0, 0.1) is 6.92 Å². The summed E-state index contributed by atoms with van der Waals surface area (Å²) in [6, 6.07) is 3.51. The Balaban J connectivity index is 1.82. The Morgan fingerprint density at radius 3 is 2.41 bits per heavy atom. The largest absolute Gasteiger partial charge is 0.379 e. The second-order valence-electron chi connectivity index (χ2n) is 7.64. The van der Waals surface area contributed by atoms with E-state index < -0.39 is 23.8 Å². The van der Waals surface area contributed by atoms with Crippen molar-refractivity contribution in [2.45, 2.75) is 39.2 Å². The van der Waals surface area contributed by atoms with Gasteiger partial charge in [-0.05, 0) is 43.5 Å². The first-order chi connectivity index (χ1) is 16.4. The molecular formula is C23H31N3O8. The van der Waals surface area contributed by atoms with Crippen LogP contribution in [0.25, 0.3) is 0 Å². The molecule has 1 aromatic carbocycles. The average molecular weight is 478 g/mol. The maximum absolute atomic E-state index is 12.9. The van der Waals surface area contributed by atoms with E-state index in [1.54, 1.807) is 13.0 Å². The monoisotopic (exact) mass is 477 g/mol. The number of amides is 5. The van der Waals surface area contributed by atoms with Gasteiger partial charge in [0.25, 0.3) is 5.91 Å². The molecule has 1 aliphatic rings. The third-order valence-electron chi connectivity index (χ3n) is 4.96. The van der Waals surface area contributed by atoms with Crippen molar-refractivity contribution in [2.24, 2.45) is 0 Å². The van der Waals surface area contributed by atoms with E-state index in [1.165, 1.54) is 12.1 Å². The van der Waals surface area contributed by atoms with E-state index in [-0.39, 0.29) is 43.9 Å². The summed E-state index contributed by atoms with van der Waals surface area (Å²) in [6.07, 6.45) is 1.35. The summed E-state index contributed by atoms with van der Waals surface area (Å²) in [5, 5.41) is 4.80. The summed E-state index contributed by atoms with van der Waals surface area (Å²) in [7, 11) is 0. The maximum atomic E-state index is 12.9. The van der Waals surface area contributed by atoms with E-state index in [0.717, 1.165) is 11.3 Å². The van der Waals surface area contributed by atoms with Crippen LogP contribution in [0.5, 0.6) is 0 Å². The first-order valence-electron chi connectivity index (χ1n) is 11.1. The molecule has 0 aromatic heterocycles. The second kappa shape index (κ2) is 14.2. The summed E-state index contributed by atoms with van der Waals surface area (Å²) in [5.41, 5.74) is 1.15. The molecule has 1 aromatic rings. The van der Waals surface area contributed by atoms with Crippen molar-refractivity contribution >= 4 is 35.7 Å². The number of benzene rings is 1. The summed E-state index contributed by atoms with van der Waals surface area (Å²) < 4.78 is 15.9. The van der Waals surface area contributed by atoms with Gasteiger partial charge in [-0.25, -0.2) is 0 Å². The van der Waals surface area contributed by atoms with Crippen LogP contribution in [0.15, 0.2) is 18.2 Å². The van der Waals surface area contributed by atoms with Gasteiger partial charge in [0.05, 0.1) is 26.4 Å². The van der Waals surface area contributed by atoms with E-state index in [9.17, 15) is 24.0 Å². The number of carbonyl (C=O) groups excluding carboxylic acids is 5. The van der Waals surface area contributed by atoms with E-state index in [1.807, 2.05) is 6.92 Å². The van der Waals surface area contributed by atoms with Crippen molar-refractivity contribution in [1.82, 2.24) is 10.2 Å². The van der Waals surface area contributed by atoms with Crippen molar-refractivity contribution in [1.29, 1.82) is 0 Å². The van der Waals surface area contributed by atoms with Crippen LogP contribution in [-0.2, 0) is 33.4 Å². The molecule has 1 unspecified atom stereocenters. The van der Waals surface area contributed by atoms with Gasteiger partial charge in [0.15, 0.2) is 0 Å². The molecule has 11 heteroatoms. The zero-order chi connectivity index (χ0) is 24.9. The molecule has 1 heterocycles. The highest BCUT2D eigenvalue weighted by molar-refractivity contribution is 6.07. The highest BCUT2D eigenvalue weighted by Gasteiger charge is 2.35. The van der Waals surface area contributed by atoms with Crippen molar-refractivity contribution in [3.05, 3.63) is 29.3 Å². The predicted molar refractivity (Wildman–Crippen MR) is 121 cm³/mol. The Kier molecular flexibility index (Phi) is 11.3. The van der Waals surface area contributed by atoms with Crippen molar-refractivity contribution in [3.8, 4) is 0 Å². The van der Waals surface area contributed by atoms with Gasteiger partial charge in [-0.15, -0.1) is 0 Å². The molecular weight excluding hydrogens is 446 g/mol. The lowest BCUT2D eigenvalue weighted by Gasteiger charge is -2.28. The molecule has 1 saturated heterocycles. The number of aryl methyl sites for hydroxylation is 1. The normalized spacial score (nSPS) is 15.5. The first-order valence-corrected chi connectivity index (χ1v) is 11.1. The number of nitrogens with zero attached hydrogens (tertiary/aromatic N) is 1. The summed E-state index contributed by atoms with van der Waals surface area (Å²) >= 11 is 0. The van der Waals surface area contributed by atoms with Crippen LogP contribution in [-0.4, -0.2) is 80.6 Å². The minimum atomic E-state index is -1.05. The number of ether oxygens (including phenoxy) is 3. The Labute approximate surface area is 198 Å². The minimum absolute atomic E-state index is 0.0412. The highest BCUT2D eigenvalue weighted by atomic mass is 16.5. The Morgan fingerprint density at radius 1 is 1.12 bits per heavy atom. The summed E-state index contributed by atoms with van der Waals surface area (Å²) in [6.45, 7) is 5.80. The minimum Gasteiger partial charge on any atom is -0.379 e. The number of imide groups is 2. The zero-order valence-corrected chi connectivity index (χ0v) is 19.5. The quantitative estimate of drug-likeness (QED) is 0.228. The number of carbonyl (C=O) groups is 5. The van der Waals surface area contributed by atoms with Crippen molar-refractivity contribution < 1.29 is 38.2 Å². The van der Waals surface area contributed by atoms with Gasteiger partial charge < -0.3 is 19.5 Å². The van der Waals surface area contributed by atoms with Crippen molar-refractivity contribution in [2.75, 3.05) is 45.0 Å². The number of nitrogens with one attached hydrogen (secondary N) is 2. The molecule has 1 fully saturated rings. The second-order valence-corrected chi connectivity index (χ2v) is 7.64. The van der Waals surface area contributed by atoms with Crippen LogP contribution in [0.4, 0.5) is 5.69 Å². The number of hydrogen-bond acceptors (Lipinski definition) is 8. The number of piperidine rings is 1. The molecule has 0 saturated carbocycles. The van der Waals surface area contributed by atoms with E-state index in [4.69, 9.17) is 14.2 Å². The van der Waals surface area contributed by atoms with Crippen LogP contribution >= 0.6 is 0 Å². The van der Waals surface area contributed by atoms with Gasteiger partial charge in [-0.1, -0.05) is 6.92 Å². The molecule has 0 aliphatic carbocycles. The zero-order valence-electron chi connectivity index (χ0n) is 19.5. The lowest BCUT2D eigenvalue weighted by atomic mass is 10.0. The fourth-order valence-electron chi connectivity index (χ4n) is 3.28. The number of rotatable bonds is 14. The van der Waals surface area contributed by atoms with Crippen LogP contribution < -0.4 is 10.6 Å². The molecule has 186 valence electrons. The predicted octanol–water partition coefficient (Wildman–Crippen LogP) is 0.797. The molecule has 1 atom stereocenters. The molecule has 0 radical (unpaired) electrons.